The Kier molecular flexibility index (Phi) is 4.15. The van der Waals surface area contributed by atoms with Crippen LogP contribution >= 0.6 is 0 Å². The molecule has 0 saturated heterocycles. The van der Waals surface area contributed by atoms with Crippen molar-refractivity contribution < 1.29 is 19.7 Å². The van der Waals surface area contributed by atoms with Crippen LogP contribution in [0.15, 0.2) is 36.4 Å². The van der Waals surface area contributed by atoms with Crippen molar-refractivity contribution >= 4 is 12.0 Å². The largest absolute Gasteiger partial charge is 0.504 e. The van der Waals surface area contributed by atoms with Gasteiger partial charge in [-0.3, -0.25) is 0 Å². The predicted molar refractivity (Wildman–Crippen MR) is 60.5 cm³/mol. The van der Waals surface area contributed by atoms with Crippen LogP contribution in [0.2, 0.25) is 0 Å². The molecule has 1 rings (SSSR count). The molecule has 0 unspecified atom stereocenters. The van der Waals surface area contributed by atoms with Crippen LogP contribution in [-0.4, -0.2) is 23.3 Å². The zero-order valence-corrected chi connectivity index (χ0v) is 8.75. The maximum Gasteiger partial charge on any atom is 0.328 e. The Morgan fingerprint density at radius 2 is 2.12 bits per heavy atom. The Bertz CT molecular complexity index is 433. The molecular weight excluding hydrogens is 208 g/mol. The lowest BCUT2D eigenvalue weighted by Gasteiger charge is -2.03. The lowest BCUT2D eigenvalue weighted by molar-refractivity contribution is -0.131. The summed E-state index contributed by atoms with van der Waals surface area (Å²) in [6.07, 6.45) is 5.76. The van der Waals surface area contributed by atoms with E-state index in [0.717, 1.165) is 11.6 Å². The number of carbonyl (C=O) groups is 1. The van der Waals surface area contributed by atoms with Crippen molar-refractivity contribution in [1.29, 1.82) is 0 Å². The highest BCUT2D eigenvalue weighted by atomic mass is 16.5. The predicted octanol–water partition coefficient (Wildman–Crippen LogP) is 2.05. The number of benzene rings is 1. The summed E-state index contributed by atoms with van der Waals surface area (Å²) in [6, 6.07) is 4.86. The molecule has 0 spiro atoms. The molecule has 0 aromatic heterocycles. The zero-order valence-electron chi connectivity index (χ0n) is 8.75. The normalized spacial score (nSPS) is 11.1. The summed E-state index contributed by atoms with van der Waals surface area (Å²) in [6.45, 7) is 0. The lowest BCUT2D eigenvalue weighted by atomic mass is 10.2. The van der Waals surface area contributed by atoms with Crippen LogP contribution < -0.4 is 4.74 Å². The summed E-state index contributed by atoms with van der Waals surface area (Å²) in [7, 11) is 1.47. The molecule has 0 bridgehead atoms. The van der Waals surface area contributed by atoms with Crippen LogP contribution in [0.5, 0.6) is 11.5 Å². The quantitative estimate of drug-likeness (QED) is 0.602. The molecule has 4 heteroatoms. The third-order valence-electron chi connectivity index (χ3n) is 1.84. The van der Waals surface area contributed by atoms with Gasteiger partial charge in [0.05, 0.1) is 7.11 Å². The molecule has 2 N–H and O–H groups in total. The van der Waals surface area contributed by atoms with Crippen LogP contribution in [0.25, 0.3) is 6.08 Å². The Hall–Kier alpha value is -2.23. The van der Waals surface area contributed by atoms with Crippen LogP contribution in [0, 0.1) is 0 Å². The number of ether oxygens (including phenoxy) is 1. The first-order chi connectivity index (χ1) is 7.63. The van der Waals surface area contributed by atoms with E-state index in [1.807, 2.05) is 0 Å². The minimum Gasteiger partial charge on any atom is -0.504 e. The van der Waals surface area contributed by atoms with E-state index in [-0.39, 0.29) is 5.75 Å². The number of phenolic OH excluding ortho intramolecular Hbond substituents is 1. The van der Waals surface area contributed by atoms with Gasteiger partial charge in [0, 0.05) is 6.08 Å². The molecule has 84 valence electrons. The average molecular weight is 220 g/mol. The Morgan fingerprint density at radius 1 is 1.38 bits per heavy atom. The van der Waals surface area contributed by atoms with Crippen LogP contribution in [0.4, 0.5) is 0 Å². The molecule has 0 heterocycles. The molecule has 0 aliphatic carbocycles. The molecule has 4 nitrogen and oxygen atoms in total. The molecule has 16 heavy (non-hydrogen) atoms. The monoisotopic (exact) mass is 220 g/mol. The van der Waals surface area contributed by atoms with Gasteiger partial charge in [0.2, 0.25) is 0 Å². The molecule has 1 aromatic carbocycles. The van der Waals surface area contributed by atoms with E-state index >= 15 is 0 Å². The number of rotatable bonds is 4. The topological polar surface area (TPSA) is 66.8 Å². The zero-order chi connectivity index (χ0) is 12.0. The van der Waals surface area contributed by atoms with Gasteiger partial charge in [0.25, 0.3) is 0 Å². The molecule has 0 amide bonds. The van der Waals surface area contributed by atoms with E-state index in [4.69, 9.17) is 9.84 Å². The molecule has 0 fully saturated rings. The first kappa shape index (κ1) is 11.8. The maximum atomic E-state index is 10.2. The summed E-state index contributed by atoms with van der Waals surface area (Å²) >= 11 is 0. The van der Waals surface area contributed by atoms with Crippen LogP contribution in [0.3, 0.4) is 0 Å². The van der Waals surface area contributed by atoms with Gasteiger partial charge in [-0.05, 0) is 17.7 Å². The molecule has 0 aliphatic rings. The molecule has 0 aliphatic heterocycles. The smallest absolute Gasteiger partial charge is 0.328 e. The minimum atomic E-state index is -0.993. The highest BCUT2D eigenvalue weighted by Crippen LogP contribution is 2.26. The van der Waals surface area contributed by atoms with Crippen molar-refractivity contribution in [2.75, 3.05) is 7.11 Å². The SMILES string of the molecule is COc1cc(C=CC=CC(=O)O)ccc1O. The third kappa shape index (κ3) is 3.49. The number of hydrogen-bond acceptors (Lipinski definition) is 3. The van der Waals surface area contributed by atoms with Crippen molar-refractivity contribution in [2.24, 2.45) is 0 Å². The van der Waals surface area contributed by atoms with Crippen molar-refractivity contribution in [1.82, 2.24) is 0 Å². The highest BCUT2D eigenvalue weighted by Gasteiger charge is 1.99. The second-order valence-corrected chi connectivity index (χ2v) is 2.99. The molecule has 0 atom stereocenters. The first-order valence-electron chi connectivity index (χ1n) is 4.58. The fourth-order valence-corrected chi connectivity index (χ4v) is 1.10. The van der Waals surface area contributed by atoms with E-state index < -0.39 is 5.97 Å². The Labute approximate surface area is 93.1 Å². The van der Waals surface area contributed by atoms with E-state index in [0.29, 0.717) is 5.75 Å². The number of carboxylic acids is 1. The van der Waals surface area contributed by atoms with Gasteiger partial charge >= 0.3 is 5.97 Å². The second-order valence-electron chi connectivity index (χ2n) is 2.99. The first-order valence-corrected chi connectivity index (χ1v) is 4.58. The second kappa shape index (κ2) is 5.60. The fourth-order valence-electron chi connectivity index (χ4n) is 1.10. The van der Waals surface area contributed by atoms with E-state index in [2.05, 4.69) is 0 Å². The number of hydrogen-bond donors (Lipinski definition) is 2. The minimum absolute atomic E-state index is 0.0701. The van der Waals surface area contributed by atoms with Crippen molar-refractivity contribution in [3.8, 4) is 11.5 Å². The van der Waals surface area contributed by atoms with Gasteiger partial charge in [-0.2, -0.15) is 0 Å². The summed E-state index contributed by atoms with van der Waals surface area (Å²) in [5.41, 5.74) is 0.810. The van der Waals surface area contributed by atoms with Gasteiger partial charge in [-0.15, -0.1) is 0 Å². The summed E-state index contributed by atoms with van der Waals surface area (Å²) in [5.74, 6) is -0.543. The van der Waals surface area contributed by atoms with Crippen molar-refractivity contribution in [3.05, 3.63) is 42.0 Å². The molecular formula is C12H12O4. The number of aromatic hydroxyl groups is 1. The summed E-state index contributed by atoms with van der Waals surface area (Å²) in [4.78, 5) is 10.2. The van der Waals surface area contributed by atoms with E-state index in [9.17, 15) is 9.90 Å². The number of phenols is 1. The van der Waals surface area contributed by atoms with E-state index in [1.54, 1.807) is 24.3 Å². The number of aliphatic carboxylic acids is 1. The number of allylic oxidation sites excluding steroid dienone is 2. The van der Waals surface area contributed by atoms with Gasteiger partial charge < -0.3 is 14.9 Å². The van der Waals surface area contributed by atoms with E-state index in [1.165, 1.54) is 19.3 Å². The van der Waals surface area contributed by atoms with Crippen molar-refractivity contribution in [2.45, 2.75) is 0 Å². The highest BCUT2D eigenvalue weighted by molar-refractivity contribution is 5.80. The van der Waals surface area contributed by atoms with Gasteiger partial charge in [0.15, 0.2) is 11.5 Å². The molecule has 0 saturated carbocycles. The van der Waals surface area contributed by atoms with Gasteiger partial charge in [-0.1, -0.05) is 24.3 Å². The third-order valence-corrected chi connectivity index (χ3v) is 1.84. The van der Waals surface area contributed by atoms with Crippen LogP contribution in [0.1, 0.15) is 5.56 Å². The standard InChI is InChI=1S/C12H12O4/c1-16-11-8-9(6-7-10(11)13)4-2-3-5-12(14)15/h2-8,13H,1H3,(H,14,15). The number of methoxy groups -OCH3 is 1. The Balaban J connectivity index is 2.78. The lowest BCUT2D eigenvalue weighted by Crippen LogP contribution is -1.85. The van der Waals surface area contributed by atoms with Gasteiger partial charge in [-0.25, -0.2) is 4.79 Å². The summed E-state index contributed by atoms with van der Waals surface area (Å²) in [5, 5.41) is 17.7. The van der Waals surface area contributed by atoms with Crippen molar-refractivity contribution in [3.63, 3.8) is 0 Å². The molecule has 1 aromatic rings. The molecule has 0 radical (unpaired) electrons. The fraction of sp³-hybridized carbons (Fsp3) is 0.0833. The maximum absolute atomic E-state index is 10.2. The van der Waals surface area contributed by atoms with Gasteiger partial charge in [0.1, 0.15) is 0 Å². The summed E-state index contributed by atoms with van der Waals surface area (Å²) < 4.78 is 4.93. The average Bonchev–Trinajstić information content (AvgIpc) is 2.26. The van der Waals surface area contributed by atoms with Crippen LogP contribution in [-0.2, 0) is 4.79 Å². The number of carboxylic acid groups (broad SMARTS) is 1. The Morgan fingerprint density at radius 3 is 2.75 bits per heavy atom.